The summed E-state index contributed by atoms with van der Waals surface area (Å²) in [5, 5.41) is 3.54. The lowest BCUT2D eigenvalue weighted by Crippen LogP contribution is -2.36. The lowest BCUT2D eigenvalue weighted by molar-refractivity contribution is 0.217. The average Bonchev–Trinajstić information content (AvgIpc) is 2.71. The van der Waals surface area contributed by atoms with Crippen molar-refractivity contribution >= 4 is 0 Å². The Balaban J connectivity index is 1.93. The number of piperidine rings is 1. The molecule has 0 bridgehead atoms. The molecule has 1 atom stereocenters. The molecular weight excluding hydrogens is 281 g/mol. The second kappa shape index (κ2) is 6.45. The Morgan fingerprint density at radius 1 is 1.14 bits per heavy atom. The SMILES string of the molecule is CC(C)(F)c1cc2c(cc1CC1CCCCN1)OCCCO2. The number of halogens is 1. The van der Waals surface area contributed by atoms with Crippen LogP contribution in [-0.4, -0.2) is 25.8 Å². The first-order valence-electron chi connectivity index (χ1n) is 8.39. The first-order chi connectivity index (χ1) is 10.5. The molecule has 1 N–H and O–H groups in total. The summed E-state index contributed by atoms with van der Waals surface area (Å²) in [7, 11) is 0. The van der Waals surface area contributed by atoms with Crippen molar-refractivity contribution in [3.63, 3.8) is 0 Å². The van der Waals surface area contributed by atoms with E-state index >= 15 is 0 Å². The molecule has 122 valence electrons. The molecule has 1 aromatic rings. The van der Waals surface area contributed by atoms with E-state index in [0.29, 0.717) is 25.0 Å². The number of benzene rings is 1. The molecule has 1 saturated heterocycles. The maximum Gasteiger partial charge on any atom is 0.161 e. The first-order valence-corrected chi connectivity index (χ1v) is 8.39. The van der Waals surface area contributed by atoms with Gasteiger partial charge in [-0.2, -0.15) is 0 Å². The Bertz CT molecular complexity index is 519. The van der Waals surface area contributed by atoms with Crippen LogP contribution in [0.5, 0.6) is 11.5 Å². The van der Waals surface area contributed by atoms with Gasteiger partial charge in [-0.1, -0.05) is 6.42 Å². The Morgan fingerprint density at radius 2 is 1.86 bits per heavy atom. The highest BCUT2D eigenvalue weighted by atomic mass is 19.1. The molecule has 3 rings (SSSR count). The van der Waals surface area contributed by atoms with Crippen LogP contribution in [0, 0.1) is 0 Å². The van der Waals surface area contributed by atoms with Gasteiger partial charge in [0.1, 0.15) is 5.67 Å². The third-order valence-corrected chi connectivity index (χ3v) is 4.49. The van der Waals surface area contributed by atoms with E-state index in [-0.39, 0.29) is 0 Å². The number of fused-ring (bicyclic) bond motifs is 1. The van der Waals surface area contributed by atoms with Gasteiger partial charge in [-0.25, -0.2) is 4.39 Å². The van der Waals surface area contributed by atoms with Crippen LogP contribution in [0.2, 0.25) is 0 Å². The number of rotatable bonds is 3. The van der Waals surface area contributed by atoms with Crippen LogP contribution in [0.1, 0.15) is 50.7 Å². The fraction of sp³-hybridized carbons (Fsp3) is 0.667. The Hall–Kier alpha value is -1.29. The standard InChI is InChI=1S/C18H26FNO2/c1-18(2,19)15-12-17-16(21-8-5-9-22-17)11-13(15)10-14-6-3-4-7-20-14/h11-12,14,20H,3-10H2,1-2H3. The van der Waals surface area contributed by atoms with Gasteiger partial charge in [-0.15, -0.1) is 0 Å². The number of alkyl halides is 1. The molecule has 0 saturated carbocycles. The predicted octanol–water partition coefficient (Wildman–Crippen LogP) is 3.74. The molecule has 2 heterocycles. The summed E-state index contributed by atoms with van der Waals surface area (Å²) in [6, 6.07) is 4.27. The van der Waals surface area contributed by atoms with Crippen molar-refractivity contribution < 1.29 is 13.9 Å². The van der Waals surface area contributed by atoms with Gasteiger partial charge in [0.25, 0.3) is 0 Å². The van der Waals surface area contributed by atoms with E-state index in [2.05, 4.69) is 5.32 Å². The fourth-order valence-corrected chi connectivity index (χ4v) is 3.34. The minimum atomic E-state index is -1.38. The zero-order valence-corrected chi connectivity index (χ0v) is 13.6. The van der Waals surface area contributed by atoms with E-state index in [4.69, 9.17) is 9.47 Å². The molecule has 0 spiro atoms. The van der Waals surface area contributed by atoms with Crippen molar-refractivity contribution in [3.8, 4) is 11.5 Å². The summed E-state index contributed by atoms with van der Waals surface area (Å²) in [6.45, 7) is 5.58. The monoisotopic (exact) mass is 307 g/mol. The molecule has 22 heavy (non-hydrogen) atoms. The van der Waals surface area contributed by atoms with E-state index < -0.39 is 5.67 Å². The van der Waals surface area contributed by atoms with Crippen LogP contribution in [0.3, 0.4) is 0 Å². The quantitative estimate of drug-likeness (QED) is 0.923. The molecule has 0 radical (unpaired) electrons. The average molecular weight is 307 g/mol. The highest BCUT2D eigenvalue weighted by Crippen LogP contribution is 2.39. The van der Waals surface area contributed by atoms with E-state index in [0.717, 1.165) is 42.7 Å². The van der Waals surface area contributed by atoms with Crippen molar-refractivity contribution in [3.05, 3.63) is 23.3 Å². The minimum Gasteiger partial charge on any atom is -0.490 e. The highest BCUT2D eigenvalue weighted by Gasteiger charge is 2.27. The molecule has 0 amide bonds. The molecule has 2 aliphatic rings. The van der Waals surface area contributed by atoms with E-state index in [1.165, 1.54) is 12.8 Å². The summed E-state index contributed by atoms with van der Waals surface area (Å²) in [5.41, 5.74) is 0.384. The summed E-state index contributed by atoms with van der Waals surface area (Å²) in [5.74, 6) is 1.44. The van der Waals surface area contributed by atoms with E-state index in [9.17, 15) is 4.39 Å². The second-order valence-electron chi connectivity index (χ2n) is 6.83. The highest BCUT2D eigenvalue weighted by molar-refractivity contribution is 5.49. The number of hydrogen-bond acceptors (Lipinski definition) is 3. The molecule has 2 aliphatic heterocycles. The smallest absolute Gasteiger partial charge is 0.161 e. The zero-order chi connectivity index (χ0) is 15.6. The van der Waals surface area contributed by atoms with Crippen LogP contribution >= 0.6 is 0 Å². The third-order valence-electron chi connectivity index (χ3n) is 4.49. The van der Waals surface area contributed by atoms with Crippen molar-refractivity contribution in [2.75, 3.05) is 19.8 Å². The molecule has 0 aromatic heterocycles. The van der Waals surface area contributed by atoms with Crippen LogP contribution in [0.25, 0.3) is 0 Å². The van der Waals surface area contributed by atoms with Crippen molar-refractivity contribution in [2.45, 2.75) is 57.7 Å². The van der Waals surface area contributed by atoms with E-state index in [1.807, 2.05) is 12.1 Å². The van der Waals surface area contributed by atoms with Gasteiger partial charge in [0.05, 0.1) is 13.2 Å². The van der Waals surface area contributed by atoms with E-state index in [1.54, 1.807) is 13.8 Å². The van der Waals surface area contributed by atoms with Crippen LogP contribution < -0.4 is 14.8 Å². The number of nitrogens with one attached hydrogen (secondary N) is 1. The van der Waals surface area contributed by atoms with Gasteiger partial charge in [0.2, 0.25) is 0 Å². The van der Waals surface area contributed by atoms with Gasteiger partial charge in [-0.3, -0.25) is 0 Å². The van der Waals surface area contributed by atoms with Gasteiger partial charge < -0.3 is 14.8 Å². The molecule has 4 heteroatoms. The summed E-state index contributed by atoms with van der Waals surface area (Å²) < 4.78 is 26.2. The Labute approximate surface area is 132 Å². The number of hydrogen-bond donors (Lipinski definition) is 1. The van der Waals surface area contributed by atoms with Gasteiger partial charge >= 0.3 is 0 Å². The van der Waals surface area contributed by atoms with Crippen molar-refractivity contribution in [1.82, 2.24) is 5.32 Å². The maximum absolute atomic E-state index is 14.7. The molecule has 0 aliphatic carbocycles. The minimum absolute atomic E-state index is 0.430. The largest absolute Gasteiger partial charge is 0.490 e. The first kappa shape index (κ1) is 15.6. The van der Waals surface area contributed by atoms with Crippen LogP contribution in [-0.2, 0) is 12.1 Å². The van der Waals surface area contributed by atoms with Crippen LogP contribution in [0.15, 0.2) is 12.1 Å². The summed E-state index contributed by atoms with van der Waals surface area (Å²) in [4.78, 5) is 0. The lowest BCUT2D eigenvalue weighted by Gasteiger charge is -2.27. The second-order valence-corrected chi connectivity index (χ2v) is 6.83. The molecular formula is C18H26FNO2. The van der Waals surface area contributed by atoms with Gasteiger partial charge in [0, 0.05) is 12.5 Å². The maximum atomic E-state index is 14.7. The van der Waals surface area contributed by atoms with Crippen molar-refractivity contribution in [2.24, 2.45) is 0 Å². The molecule has 1 unspecified atom stereocenters. The molecule has 1 aromatic carbocycles. The zero-order valence-electron chi connectivity index (χ0n) is 13.6. The van der Waals surface area contributed by atoms with Gasteiger partial charge in [0.15, 0.2) is 11.5 Å². The summed E-state index contributed by atoms with van der Waals surface area (Å²) >= 11 is 0. The van der Waals surface area contributed by atoms with Gasteiger partial charge in [-0.05, 0) is 62.9 Å². The van der Waals surface area contributed by atoms with Crippen LogP contribution in [0.4, 0.5) is 4.39 Å². The Kier molecular flexibility index (Phi) is 4.57. The normalized spacial score (nSPS) is 22.2. The lowest BCUT2D eigenvalue weighted by atomic mass is 9.88. The van der Waals surface area contributed by atoms with Crippen molar-refractivity contribution in [1.29, 1.82) is 0 Å². The predicted molar refractivity (Wildman–Crippen MR) is 85.5 cm³/mol. The molecule has 3 nitrogen and oxygen atoms in total. The Morgan fingerprint density at radius 3 is 2.50 bits per heavy atom. The molecule has 1 fully saturated rings. The number of ether oxygens (including phenoxy) is 2. The summed E-state index contributed by atoms with van der Waals surface area (Å²) in [6.07, 6.45) is 5.35. The fourth-order valence-electron chi connectivity index (χ4n) is 3.34. The third kappa shape index (κ3) is 3.54. The topological polar surface area (TPSA) is 30.5 Å².